The Bertz CT molecular complexity index is 585. The molecular weight excluding hydrogens is 280 g/mol. The Morgan fingerprint density at radius 3 is 2.41 bits per heavy atom. The van der Waals surface area contributed by atoms with Crippen LogP contribution in [0.4, 0.5) is 11.6 Å². The lowest BCUT2D eigenvalue weighted by molar-refractivity contribution is -0.116. The molecule has 0 aliphatic rings. The lowest BCUT2D eigenvalue weighted by Gasteiger charge is -2.09. The summed E-state index contributed by atoms with van der Waals surface area (Å²) in [5.41, 5.74) is 0. The van der Waals surface area contributed by atoms with Gasteiger partial charge < -0.3 is 15.4 Å². The molecule has 22 heavy (non-hydrogen) atoms. The first kappa shape index (κ1) is 15.8. The van der Waals surface area contributed by atoms with Gasteiger partial charge in [-0.1, -0.05) is 18.2 Å². The Balaban J connectivity index is 1.74. The monoisotopic (exact) mass is 300 g/mol. The molecule has 0 radical (unpaired) electrons. The van der Waals surface area contributed by atoms with Crippen molar-refractivity contribution in [2.75, 3.05) is 17.2 Å². The van der Waals surface area contributed by atoms with Crippen LogP contribution in [-0.4, -0.2) is 28.8 Å². The van der Waals surface area contributed by atoms with E-state index in [9.17, 15) is 4.79 Å². The number of aromatic nitrogens is 2. The molecule has 116 valence electrons. The zero-order valence-electron chi connectivity index (χ0n) is 12.7. The van der Waals surface area contributed by atoms with Gasteiger partial charge in [-0.15, -0.1) is 10.2 Å². The molecule has 2 rings (SSSR count). The average Bonchev–Trinajstić information content (AvgIpc) is 2.50. The molecule has 0 aliphatic heterocycles. The van der Waals surface area contributed by atoms with Crippen LogP contribution in [0, 0.1) is 0 Å². The molecule has 2 N–H and O–H groups in total. The van der Waals surface area contributed by atoms with E-state index in [0.717, 1.165) is 5.75 Å². The molecule has 0 fully saturated rings. The number of anilines is 2. The molecule has 0 saturated heterocycles. The summed E-state index contributed by atoms with van der Waals surface area (Å²) in [5.74, 6) is 1.70. The normalized spacial score (nSPS) is 10.3. The molecule has 0 aliphatic carbocycles. The molecule has 6 heteroatoms. The van der Waals surface area contributed by atoms with Gasteiger partial charge in [0.2, 0.25) is 5.91 Å². The molecule has 0 bridgehead atoms. The molecule has 0 spiro atoms. The first-order chi connectivity index (χ1) is 10.6. The largest absolute Gasteiger partial charge is 0.493 e. The minimum atomic E-state index is -0.158. The average molecular weight is 300 g/mol. The molecule has 1 amide bonds. The van der Waals surface area contributed by atoms with E-state index in [1.807, 2.05) is 44.2 Å². The summed E-state index contributed by atoms with van der Waals surface area (Å²) in [6.45, 7) is 4.35. The van der Waals surface area contributed by atoms with Gasteiger partial charge in [-0.3, -0.25) is 4.79 Å². The van der Waals surface area contributed by atoms with Crippen LogP contribution in [0.1, 0.15) is 20.3 Å². The van der Waals surface area contributed by atoms with Gasteiger partial charge in [0.15, 0.2) is 5.82 Å². The molecule has 0 atom stereocenters. The number of hydrogen-bond acceptors (Lipinski definition) is 5. The van der Waals surface area contributed by atoms with Gasteiger partial charge in [0.1, 0.15) is 11.6 Å². The smallest absolute Gasteiger partial charge is 0.229 e. The number of para-hydroxylation sites is 1. The maximum Gasteiger partial charge on any atom is 0.229 e. The summed E-state index contributed by atoms with van der Waals surface area (Å²) in [5, 5.41) is 13.8. The van der Waals surface area contributed by atoms with Crippen molar-refractivity contribution in [1.29, 1.82) is 0 Å². The van der Waals surface area contributed by atoms with Crippen LogP contribution in [0.3, 0.4) is 0 Å². The molecule has 0 saturated carbocycles. The topological polar surface area (TPSA) is 76.1 Å². The summed E-state index contributed by atoms with van der Waals surface area (Å²) < 4.78 is 5.47. The number of amides is 1. The van der Waals surface area contributed by atoms with Crippen LogP contribution in [0.15, 0.2) is 42.5 Å². The third kappa shape index (κ3) is 5.40. The lowest BCUT2D eigenvalue weighted by Crippen LogP contribution is -2.17. The highest BCUT2D eigenvalue weighted by atomic mass is 16.5. The maximum atomic E-state index is 11.8. The van der Waals surface area contributed by atoms with Gasteiger partial charge in [-0.2, -0.15) is 0 Å². The van der Waals surface area contributed by atoms with E-state index >= 15 is 0 Å². The Hall–Kier alpha value is -2.63. The molecule has 6 nitrogen and oxygen atoms in total. The van der Waals surface area contributed by atoms with Crippen LogP contribution in [0.2, 0.25) is 0 Å². The number of carbonyl (C=O) groups is 1. The molecule has 2 aromatic rings. The van der Waals surface area contributed by atoms with E-state index in [2.05, 4.69) is 20.8 Å². The number of ether oxygens (including phenoxy) is 1. The highest BCUT2D eigenvalue weighted by molar-refractivity contribution is 5.89. The molecule has 0 unspecified atom stereocenters. The third-order valence-electron chi connectivity index (χ3n) is 2.71. The first-order valence-electron chi connectivity index (χ1n) is 7.21. The molecule has 1 heterocycles. The van der Waals surface area contributed by atoms with E-state index in [1.165, 1.54) is 0 Å². The second-order valence-corrected chi connectivity index (χ2v) is 5.06. The molecule has 1 aromatic heterocycles. The number of carbonyl (C=O) groups excluding carboxylic acids is 1. The van der Waals surface area contributed by atoms with Crippen LogP contribution in [0.25, 0.3) is 0 Å². The number of hydrogen-bond donors (Lipinski definition) is 2. The quantitative estimate of drug-likeness (QED) is 0.822. The zero-order chi connectivity index (χ0) is 15.8. The Kier molecular flexibility index (Phi) is 5.71. The van der Waals surface area contributed by atoms with Crippen LogP contribution in [0.5, 0.6) is 5.75 Å². The van der Waals surface area contributed by atoms with Gasteiger partial charge in [0.05, 0.1) is 13.0 Å². The van der Waals surface area contributed by atoms with Crippen molar-refractivity contribution < 1.29 is 9.53 Å². The van der Waals surface area contributed by atoms with Crippen molar-refractivity contribution in [2.24, 2.45) is 0 Å². The van der Waals surface area contributed by atoms with Gasteiger partial charge >= 0.3 is 0 Å². The van der Waals surface area contributed by atoms with Crippen LogP contribution >= 0.6 is 0 Å². The number of benzene rings is 1. The predicted molar refractivity (Wildman–Crippen MR) is 86.0 cm³/mol. The number of nitrogens with one attached hydrogen (secondary N) is 2. The lowest BCUT2D eigenvalue weighted by atomic mass is 10.3. The van der Waals surface area contributed by atoms with Crippen molar-refractivity contribution in [3.05, 3.63) is 42.5 Å². The van der Waals surface area contributed by atoms with Crippen molar-refractivity contribution >= 4 is 17.5 Å². The minimum absolute atomic E-state index is 0.158. The van der Waals surface area contributed by atoms with Gasteiger partial charge in [0, 0.05) is 6.04 Å². The Labute approximate surface area is 129 Å². The Morgan fingerprint density at radius 2 is 1.77 bits per heavy atom. The standard InChI is InChI=1S/C16H20N4O2/c1-12(2)17-14-8-9-15(20-19-14)18-16(21)10-11-22-13-6-4-3-5-7-13/h3-9,12H,10-11H2,1-2H3,(H,17,19)(H,18,20,21). The van der Waals surface area contributed by atoms with Gasteiger partial charge in [-0.05, 0) is 38.1 Å². The summed E-state index contributed by atoms with van der Waals surface area (Å²) in [6, 6.07) is 13.2. The second-order valence-electron chi connectivity index (χ2n) is 5.06. The fourth-order valence-electron chi connectivity index (χ4n) is 1.76. The van der Waals surface area contributed by atoms with Crippen LogP contribution < -0.4 is 15.4 Å². The molecule has 1 aromatic carbocycles. The fourth-order valence-corrected chi connectivity index (χ4v) is 1.76. The zero-order valence-corrected chi connectivity index (χ0v) is 12.7. The van der Waals surface area contributed by atoms with E-state index in [1.54, 1.807) is 12.1 Å². The highest BCUT2D eigenvalue weighted by Gasteiger charge is 2.05. The van der Waals surface area contributed by atoms with Crippen molar-refractivity contribution in [3.8, 4) is 5.75 Å². The van der Waals surface area contributed by atoms with E-state index in [-0.39, 0.29) is 18.4 Å². The summed E-state index contributed by atoms with van der Waals surface area (Å²) in [4.78, 5) is 11.8. The highest BCUT2D eigenvalue weighted by Crippen LogP contribution is 2.09. The third-order valence-corrected chi connectivity index (χ3v) is 2.71. The SMILES string of the molecule is CC(C)Nc1ccc(NC(=O)CCOc2ccccc2)nn1. The number of rotatable bonds is 7. The molecular formula is C16H20N4O2. The summed E-state index contributed by atoms with van der Waals surface area (Å²) in [7, 11) is 0. The fraction of sp³-hybridized carbons (Fsp3) is 0.312. The van der Waals surface area contributed by atoms with Gasteiger partial charge in [0.25, 0.3) is 0 Å². The summed E-state index contributed by atoms with van der Waals surface area (Å²) >= 11 is 0. The maximum absolute atomic E-state index is 11.8. The second kappa shape index (κ2) is 7.97. The van der Waals surface area contributed by atoms with E-state index < -0.39 is 0 Å². The van der Waals surface area contributed by atoms with Crippen molar-refractivity contribution in [2.45, 2.75) is 26.3 Å². The Morgan fingerprint density at radius 1 is 1.09 bits per heavy atom. The van der Waals surface area contributed by atoms with Crippen molar-refractivity contribution in [1.82, 2.24) is 10.2 Å². The van der Waals surface area contributed by atoms with Gasteiger partial charge in [-0.25, -0.2) is 0 Å². The van der Waals surface area contributed by atoms with Crippen molar-refractivity contribution in [3.63, 3.8) is 0 Å². The summed E-state index contributed by atoms with van der Waals surface area (Å²) in [6.07, 6.45) is 0.253. The van der Waals surface area contributed by atoms with E-state index in [4.69, 9.17) is 4.74 Å². The van der Waals surface area contributed by atoms with Crippen LogP contribution in [-0.2, 0) is 4.79 Å². The number of nitrogens with zero attached hydrogens (tertiary/aromatic N) is 2. The van der Waals surface area contributed by atoms with E-state index in [0.29, 0.717) is 18.2 Å². The first-order valence-corrected chi connectivity index (χ1v) is 7.21. The predicted octanol–water partition coefficient (Wildman–Crippen LogP) is 2.70. The minimum Gasteiger partial charge on any atom is -0.493 e.